The van der Waals surface area contributed by atoms with E-state index in [0.717, 1.165) is 23.2 Å². The number of hydrogen-bond acceptors (Lipinski definition) is 6. The van der Waals surface area contributed by atoms with Gasteiger partial charge in [0, 0.05) is 39.9 Å². The SMILES string of the molecule is CC(C)N1CCC(c2cc3ccc([N+](=O)[O-])cc3s2)CC1.O=C(O)/C=C\C(=O)O. The van der Waals surface area contributed by atoms with E-state index in [1.54, 1.807) is 23.5 Å². The van der Waals surface area contributed by atoms with Crippen LogP contribution in [0.1, 0.15) is 37.5 Å². The molecule has 2 N–H and O–H groups in total. The normalized spacial score (nSPS) is 15.4. The summed E-state index contributed by atoms with van der Waals surface area (Å²) in [4.78, 5) is 33.6. The van der Waals surface area contributed by atoms with Crippen LogP contribution in [0.5, 0.6) is 0 Å². The zero-order valence-corrected chi connectivity index (χ0v) is 17.1. The lowest BCUT2D eigenvalue weighted by atomic mass is 9.94. The second kappa shape index (κ2) is 10.1. The summed E-state index contributed by atoms with van der Waals surface area (Å²) in [7, 11) is 0. The first kappa shape index (κ1) is 22.5. The summed E-state index contributed by atoms with van der Waals surface area (Å²) in [5.41, 5.74) is 0.186. The van der Waals surface area contributed by atoms with Crippen LogP contribution in [0.15, 0.2) is 36.4 Å². The van der Waals surface area contributed by atoms with E-state index in [9.17, 15) is 19.7 Å². The molecule has 1 aromatic heterocycles. The van der Waals surface area contributed by atoms with E-state index in [4.69, 9.17) is 10.2 Å². The average Bonchev–Trinajstić information content (AvgIpc) is 3.10. The molecule has 9 heteroatoms. The number of likely N-dealkylation sites (tertiary alicyclic amines) is 1. The number of rotatable bonds is 5. The molecule has 29 heavy (non-hydrogen) atoms. The molecular weight excluding hydrogens is 396 g/mol. The Bertz CT molecular complexity index is 897. The Morgan fingerprint density at radius 3 is 2.24 bits per heavy atom. The number of thiophene rings is 1. The summed E-state index contributed by atoms with van der Waals surface area (Å²) in [5.74, 6) is -1.91. The quantitative estimate of drug-likeness (QED) is 0.424. The van der Waals surface area contributed by atoms with Crippen molar-refractivity contribution in [1.82, 2.24) is 4.90 Å². The first-order chi connectivity index (χ1) is 13.7. The van der Waals surface area contributed by atoms with Crippen molar-refractivity contribution in [3.8, 4) is 0 Å². The number of carbonyl (C=O) groups is 2. The number of non-ortho nitro benzene ring substituents is 1. The third-order valence-electron chi connectivity index (χ3n) is 4.76. The highest BCUT2D eigenvalue weighted by atomic mass is 32.1. The van der Waals surface area contributed by atoms with Crippen LogP contribution in [-0.4, -0.2) is 51.1 Å². The van der Waals surface area contributed by atoms with Crippen LogP contribution < -0.4 is 0 Å². The number of benzene rings is 1. The van der Waals surface area contributed by atoms with Crippen LogP contribution >= 0.6 is 11.3 Å². The number of nitro benzene ring substituents is 1. The predicted octanol–water partition coefficient (Wildman–Crippen LogP) is 4.11. The molecule has 0 saturated carbocycles. The third-order valence-corrected chi connectivity index (χ3v) is 6.02. The zero-order valence-electron chi connectivity index (χ0n) is 16.3. The second-order valence-electron chi connectivity index (χ2n) is 7.04. The molecule has 0 aliphatic carbocycles. The monoisotopic (exact) mass is 420 g/mol. The summed E-state index contributed by atoms with van der Waals surface area (Å²) in [6.07, 6.45) is 3.49. The summed E-state index contributed by atoms with van der Waals surface area (Å²) in [6, 6.07) is 8.01. The smallest absolute Gasteiger partial charge is 0.328 e. The number of carboxylic acid groups (broad SMARTS) is 2. The Morgan fingerprint density at radius 1 is 1.17 bits per heavy atom. The van der Waals surface area contributed by atoms with Gasteiger partial charge in [0.2, 0.25) is 0 Å². The first-order valence-corrected chi connectivity index (χ1v) is 10.0. The van der Waals surface area contributed by atoms with Crippen molar-refractivity contribution >= 4 is 39.0 Å². The summed E-state index contributed by atoms with van der Waals surface area (Å²) >= 11 is 1.72. The third kappa shape index (κ3) is 6.65. The van der Waals surface area contributed by atoms with Crippen LogP contribution in [0.3, 0.4) is 0 Å². The zero-order chi connectivity index (χ0) is 21.6. The highest BCUT2D eigenvalue weighted by molar-refractivity contribution is 7.19. The Labute approximate surface area is 172 Å². The van der Waals surface area contributed by atoms with E-state index in [2.05, 4.69) is 24.8 Å². The fourth-order valence-electron chi connectivity index (χ4n) is 3.20. The minimum Gasteiger partial charge on any atom is -0.478 e. The van der Waals surface area contributed by atoms with Crippen molar-refractivity contribution in [2.45, 2.75) is 38.6 Å². The largest absolute Gasteiger partial charge is 0.478 e. The maximum atomic E-state index is 10.9. The van der Waals surface area contributed by atoms with Gasteiger partial charge >= 0.3 is 11.9 Å². The number of fused-ring (bicyclic) bond motifs is 1. The molecule has 1 aliphatic heterocycles. The molecule has 0 atom stereocenters. The summed E-state index contributed by atoms with van der Waals surface area (Å²) in [6.45, 7) is 6.80. The van der Waals surface area contributed by atoms with Gasteiger partial charge in [0.15, 0.2) is 0 Å². The van der Waals surface area contributed by atoms with Gasteiger partial charge in [0.1, 0.15) is 0 Å². The van der Waals surface area contributed by atoms with E-state index >= 15 is 0 Å². The molecule has 3 rings (SSSR count). The number of hydrogen-bond donors (Lipinski definition) is 2. The molecule has 0 unspecified atom stereocenters. The van der Waals surface area contributed by atoms with Gasteiger partial charge < -0.3 is 15.1 Å². The van der Waals surface area contributed by atoms with Crippen molar-refractivity contribution in [3.63, 3.8) is 0 Å². The number of nitro groups is 1. The highest BCUT2D eigenvalue weighted by Crippen LogP contribution is 2.37. The highest BCUT2D eigenvalue weighted by Gasteiger charge is 2.23. The molecule has 8 nitrogen and oxygen atoms in total. The van der Waals surface area contributed by atoms with Crippen molar-refractivity contribution in [2.75, 3.05) is 13.1 Å². The van der Waals surface area contributed by atoms with Crippen LogP contribution in [0.2, 0.25) is 0 Å². The lowest BCUT2D eigenvalue weighted by Crippen LogP contribution is -2.37. The maximum Gasteiger partial charge on any atom is 0.328 e. The van der Waals surface area contributed by atoms with Crippen LogP contribution in [0.25, 0.3) is 10.1 Å². The van der Waals surface area contributed by atoms with Gasteiger partial charge in [-0.25, -0.2) is 9.59 Å². The lowest BCUT2D eigenvalue weighted by Gasteiger charge is -2.34. The Kier molecular flexibility index (Phi) is 7.86. The van der Waals surface area contributed by atoms with Crippen LogP contribution in [0.4, 0.5) is 5.69 Å². The first-order valence-electron chi connectivity index (χ1n) is 9.23. The minimum atomic E-state index is -1.26. The van der Waals surface area contributed by atoms with Crippen molar-refractivity contribution in [3.05, 3.63) is 51.4 Å². The fraction of sp³-hybridized carbons (Fsp3) is 0.400. The number of piperidine rings is 1. The van der Waals surface area contributed by atoms with Gasteiger partial charge in [0.25, 0.3) is 5.69 Å². The minimum absolute atomic E-state index is 0.186. The molecule has 2 aromatic rings. The predicted molar refractivity (Wildman–Crippen MR) is 112 cm³/mol. The maximum absolute atomic E-state index is 10.9. The molecule has 0 bridgehead atoms. The van der Waals surface area contributed by atoms with Crippen molar-refractivity contribution < 1.29 is 24.7 Å². The Hall–Kier alpha value is -2.78. The molecule has 0 radical (unpaired) electrons. The van der Waals surface area contributed by atoms with Crippen molar-refractivity contribution in [1.29, 1.82) is 0 Å². The van der Waals surface area contributed by atoms with Crippen LogP contribution in [0, 0.1) is 10.1 Å². The molecular formula is C20H24N2O6S. The van der Waals surface area contributed by atoms with Gasteiger partial charge in [-0.3, -0.25) is 10.1 Å². The lowest BCUT2D eigenvalue weighted by molar-refractivity contribution is -0.384. The fourth-order valence-corrected chi connectivity index (χ4v) is 4.46. The molecule has 1 saturated heterocycles. The van der Waals surface area contributed by atoms with Crippen LogP contribution in [-0.2, 0) is 9.59 Å². The van der Waals surface area contributed by atoms with E-state index < -0.39 is 11.9 Å². The Morgan fingerprint density at radius 2 is 1.76 bits per heavy atom. The van der Waals surface area contributed by atoms with Crippen molar-refractivity contribution in [2.24, 2.45) is 0 Å². The molecule has 156 valence electrons. The topological polar surface area (TPSA) is 121 Å². The number of carboxylic acids is 2. The van der Waals surface area contributed by atoms with E-state index in [1.165, 1.54) is 17.7 Å². The van der Waals surface area contributed by atoms with E-state index in [-0.39, 0.29) is 10.6 Å². The van der Waals surface area contributed by atoms with E-state index in [0.29, 0.717) is 24.1 Å². The molecule has 1 aromatic carbocycles. The second-order valence-corrected chi connectivity index (χ2v) is 8.16. The van der Waals surface area contributed by atoms with Gasteiger partial charge in [-0.2, -0.15) is 0 Å². The standard InChI is InChI=1S/C16H20N2O2S.C4H4O4/c1-11(2)17-7-5-12(6-8-17)15-9-13-3-4-14(18(19)20)10-16(13)21-15;5-3(6)1-2-4(7)8/h3-4,9-12H,5-8H2,1-2H3;1-2H,(H,5,6)(H,7,8)/b;2-1-. The Balaban J connectivity index is 0.000000321. The summed E-state index contributed by atoms with van der Waals surface area (Å²) in [5, 5.41) is 27.6. The van der Waals surface area contributed by atoms with Gasteiger partial charge in [-0.05, 0) is 63.2 Å². The average molecular weight is 420 g/mol. The van der Waals surface area contributed by atoms with E-state index in [1.807, 2.05) is 6.07 Å². The molecule has 0 spiro atoms. The van der Waals surface area contributed by atoms with Gasteiger partial charge in [0.05, 0.1) is 4.92 Å². The molecule has 2 heterocycles. The molecule has 1 aliphatic rings. The summed E-state index contributed by atoms with van der Waals surface area (Å²) < 4.78 is 1.03. The number of nitrogens with zero attached hydrogens (tertiary/aromatic N) is 2. The number of aliphatic carboxylic acids is 2. The van der Waals surface area contributed by atoms with Gasteiger partial charge in [-0.1, -0.05) is 0 Å². The molecule has 1 fully saturated rings. The molecule has 0 amide bonds. The van der Waals surface area contributed by atoms with Gasteiger partial charge in [-0.15, -0.1) is 11.3 Å².